The third-order valence-electron chi connectivity index (χ3n) is 6.15. The van der Waals surface area contributed by atoms with Gasteiger partial charge in [-0.2, -0.15) is 0 Å². The minimum absolute atomic E-state index is 0.00554. The molecule has 0 radical (unpaired) electrons. The molecule has 3 rings (SSSR count). The smallest absolute Gasteiger partial charge is 0.243 e. The molecule has 1 atom stereocenters. The maximum Gasteiger partial charge on any atom is 0.243 e. The van der Waals surface area contributed by atoms with Gasteiger partial charge in [0.05, 0.1) is 13.2 Å². The third-order valence-corrected chi connectivity index (χ3v) is 6.15. The number of aliphatic imine (C=N–C) groups is 1. The van der Waals surface area contributed by atoms with Gasteiger partial charge < -0.3 is 20.3 Å². The fourth-order valence-electron chi connectivity index (χ4n) is 4.16. The van der Waals surface area contributed by atoms with E-state index in [0.29, 0.717) is 6.04 Å². The molecule has 32 heavy (non-hydrogen) atoms. The number of rotatable bonds is 10. The maximum absolute atomic E-state index is 12.0. The first-order valence-electron chi connectivity index (χ1n) is 11.9. The van der Waals surface area contributed by atoms with Crippen molar-refractivity contribution in [3.8, 4) is 0 Å². The zero-order chi connectivity index (χ0) is 22.6. The van der Waals surface area contributed by atoms with Crippen LogP contribution in [0.15, 0.2) is 35.3 Å². The molecule has 0 bridgehead atoms. The van der Waals surface area contributed by atoms with Crippen LogP contribution in [0.4, 0.5) is 0 Å². The lowest BCUT2D eigenvalue weighted by Gasteiger charge is -2.27. The van der Waals surface area contributed by atoms with E-state index in [-0.39, 0.29) is 12.5 Å². The number of hydrogen-bond acceptors (Lipinski definition) is 5. The summed E-state index contributed by atoms with van der Waals surface area (Å²) in [6, 6.07) is 11.1. The van der Waals surface area contributed by atoms with E-state index in [0.717, 1.165) is 71.4 Å². The summed E-state index contributed by atoms with van der Waals surface area (Å²) in [6.07, 6.45) is 3.43. The molecule has 178 valence electrons. The Morgan fingerprint density at radius 3 is 2.69 bits per heavy atom. The number of ether oxygens (including phenoxy) is 1. The molecule has 8 nitrogen and oxygen atoms in total. The van der Waals surface area contributed by atoms with Crippen LogP contribution in [0.5, 0.6) is 0 Å². The number of guanidine groups is 1. The summed E-state index contributed by atoms with van der Waals surface area (Å²) < 4.78 is 5.42. The molecule has 1 unspecified atom stereocenters. The van der Waals surface area contributed by atoms with Crippen LogP contribution >= 0.6 is 0 Å². The second kappa shape index (κ2) is 13.4. The Labute approximate surface area is 193 Å². The molecule has 2 aliphatic rings. The van der Waals surface area contributed by atoms with Crippen molar-refractivity contribution in [1.29, 1.82) is 0 Å². The standard InChI is InChI=1S/C24H40N6O2/c1-28(2)23(31)19-27-24(25-11-7-12-29-14-16-32-17-15-29)26-18-22-10-6-13-30(22)20-21-8-4-3-5-9-21/h3-5,8-9,22H,6-7,10-20H2,1-2H3,(H2,25,26,27). The van der Waals surface area contributed by atoms with Gasteiger partial charge in [-0.15, -0.1) is 0 Å². The van der Waals surface area contributed by atoms with Gasteiger partial charge in [-0.1, -0.05) is 30.3 Å². The average Bonchev–Trinajstić information content (AvgIpc) is 3.25. The number of benzene rings is 1. The molecular weight excluding hydrogens is 404 g/mol. The highest BCUT2D eigenvalue weighted by molar-refractivity contribution is 5.84. The molecule has 1 amide bonds. The first-order chi connectivity index (χ1) is 15.6. The van der Waals surface area contributed by atoms with Gasteiger partial charge in [-0.25, -0.2) is 4.99 Å². The monoisotopic (exact) mass is 444 g/mol. The minimum Gasteiger partial charge on any atom is -0.379 e. The minimum atomic E-state index is 0.00554. The number of carbonyl (C=O) groups is 1. The number of nitrogens with one attached hydrogen (secondary N) is 2. The SMILES string of the molecule is CN(C)C(=O)CN=C(NCCCN1CCOCC1)NCC1CCCN1Cc1ccccc1. The molecule has 2 saturated heterocycles. The molecule has 8 heteroatoms. The van der Waals surface area contributed by atoms with E-state index in [2.05, 4.69) is 55.8 Å². The van der Waals surface area contributed by atoms with Crippen LogP contribution < -0.4 is 10.6 Å². The highest BCUT2D eigenvalue weighted by Gasteiger charge is 2.24. The summed E-state index contributed by atoms with van der Waals surface area (Å²) in [5.41, 5.74) is 1.35. The zero-order valence-corrected chi connectivity index (χ0v) is 19.8. The quantitative estimate of drug-likeness (QED) is 0.319. The topological polar surface area (TPSA) is 72.4 Å². The molecule has 2 fully saturated rings. The summed E-state index contributed by atoms with van der Waals surface area (Å²) >= 11 is 0. The van der Waals surface area contributed by atoms with Gasteiger partial charge >= 0.3 is 0 Å². The molecule has 2 N–H and O–H groups in total. The number of nitrogens with zero attached hydrogens (tertiary/aromatic N) is 4. The molecule has 1 aromatic rings. The first-order valence-corrected chi connectivity index (χ1v) is 11.9. The van der Waals surface area contributed by atoms with Gasteiger partial charge in [-0.05, 0) is 37.9 Å². The maximum atomic E-state index is 12.0. The lowest BCUT2D eigenvalue weighted by Crippen LogP contribution is -2.46. The van der Waals surface area contributed by atoms with E-state index in [4.69, 9.17) is 4.74 Å². The highest BCUT2D eigenvalue weighted by Crippen LogP contribution is 2.19. The Morgan fingerprint density at radius 2 is 1.94 bits per heavy atom. The fraction of sp³-hybridized carbons (Fsp3) is 0.667. The van der Waals surface area contributed by atoms with E-state index in [1.807, 2.05) is 0 Å². The Kier molecular flexibility index (Phi) is 10.3. The molecular formula is C24H40N6O2. The van der Waals surface area contributed by atoms with Crippen LogP contribution in [-0.4, -0.2) is 106 Å². The molecule has 2 aliphatic heterocycles. The van der Waals surface area contributed by atoms with E-state index in [1.54, 1.807) is 19.0 Å². The van der Waals surface area contributed by atoms with E-state index >= 15 is 0 Å². The van der Waals surface area contributed by atoms with Crippen molar-refractivity contribution in [3.63, 3.8) is 0 Å². The molecule has 0 aliphatic carbocycles. The number of likely N-dealkylation sites (N-methyl/N-ethyl adjacent to an activating group) is 1. The molecule has 2 heterocycles. The number of carbonyl (C=O) groups excluding carboxylic acids is 1. The van der Waals surface area contributed by atoms with Crippen LogP contribution in [0, 0.1) is 0 Å². The summed E-state index contributed by atoms with van der Waals surface area (Å²) in [5, 5.41) is 6.94. The first kappa shape index (κ1) is 24.5. The van der Waals surface area contributed by atoms with Crippen molar-refractivity contribution in [2.75, 3.05) is 73.1 Å². The Morgan fingerprint density at radius 1 is 1.16 bits per heavy atom. The molecule has 1 aromatic carbocycles. The van der Waals surface area contributed by atoms with Crippen molar-refractivity contribution in [1.82, 2.24) is 25.3 Å². The fourth-order valence-corrected chi connectivity index (χ4v) is 4.16. The summed E-state index contributed by atoms with van der Waals surface area (Å²) in [6.45, 7) is 8.65. The second-order valence-electron chi connectivity index (χ2n) is 8.82. The number of morpholine rings is 1. The predicted molar refractivity (Wildman–Crippen MR) is 129 cm³/mol. The largest absolute Gasteiger partial charge is 0.379 e. The number of hydrogen-bond donors (Lipinski definition) is 2. The van der Waals surface area contributed by atoms with Crippen molar-refractivity contribution in [2.45, 2.75) is 31.8 Å². The van der Waals surface area contributed by atoms with Crippen molar-refractivity contribution in [3.05, 3.63) is 35.9 Å². The molecule has 0 spiro atoms. The number of amides is 1. The second-order valence-corrected chi connectivity index (χ2v) is 8.82. The van der Waals surface area contributed by atoms with Gasteiger partial charge in [0.2, 0.25) is 5.91 Å². The van der Waals surface area contributed by atoms with Crippen molar-refractivity contribution < 1.29 is 9.53 Å². The van der Waals surface area contributed by atoms with Crippen molar-refractivity contribution >= 4 is 11.9 Å². The van der Waals surface area contributed by atoms with Crippen LogP contribution in [0.3, 0.4) is 0 Å². The Hall–Kier alpha value is -2.16. The normalized spacial score (nSPS) is 20.3. The van der Waals surface area contributed by atoms with Crippen LogP contribution in [0.25, 0.3) is 0 Å². The third kappa shape index (κ3) is 8.41. The van der Waals surface area contributed by atoms with Crippen LogP contribution in [-0.2, 0) is 16.1 Å². The van der Waals surface area contributed by atoms with Crippen molar-refractivity contribution in [2.24, 2.45) is 4.99 Å². The average molecular weight is 445 g/mol. The van der Waals surface area contributed by atoms with Gasteiger partial charge in [0.1, 0.15) is 6.54 Å². The zero-order valence-electron chi connectivity index (χ0n) is 19.8. The van der Waals surface area contributed by atoms with Gasteiger partial charge in [0.15, 0.2) is 5.96 Å². The van der Waals surface area contributed by atoms with E-state index in [1.165, 1.54) is 18.4 Å². The molecule has 0 aromatic heterocycles. The summed E-state index contributed by atoms with van der Waals surface area (Å²) in [5.74, 6) is 0.736. The van der Waals surface area contributed by atoms with E-state index in [9.17, 15) is 4.79 Å². The van der Waals surface area contributed by atoms with Gasteiger partial charge in [0, 0.05) is 52.9 Å². The summed E-state index contributed by atoms with van der Waals surface area (Å²) in [4.78, 5) is 23.1. The highest BCUT2D eigenvalue weighted by atomic mass is 16.5. The van der Waals surface area contributed by atoms with Crippen LogP contribution in [0.2, 0.25) is 0 Å². The number of likely N-dealkylation sites (tertiary alicyclic amines) is 1. The lowest BCUT2D eigenvalue weighted by atomic mass is 10.2. The lowest BCUT2D eigenvalue weighted by molar-refractivity contribution is -0.127. The molecule has 0 saturated carbocycles. The van der Waals surface area contributed by atoms with Gasteiger partial charge in [-0.3, -0.25) is 14.6 Å². The predicted octanol–water partition coefficient (Wildman–Crippen LogP) is 0.997. The Balaban J connectivity index is 1.48. The Bertz CT molecular complexity index is 706. The summed E-state index contributed by atoms with van der Waals surface area (Å²) in [7, 11) is 3.53. The van der Waals surface area contributed by atoms with E-state index < -0.39 is 0 Å². The van der Waals surface area contributed by atoms with Crippen LogP contribution in [0.1, 0.15) is 24.8 Å². The van der Waals surface area contributed by atoms with Gasteiger partial charge in [0.25, 0.3) is 0 Å².